The van der Waals surface area contributed by atoms with Crippen molar-refractivity contribution in [3.8, 4) is 0 Å². The summed E-state index contributed by atoms with van der Waals surface area (Å²) in [5.74, 6) is 0.415. The van der Waals surface area contributed by atoms with Gasteiger partial charge in [-0.25, -0.2) is 13.4 Å². The molecule has 0 saturated carbocycles. The highest BCUT2D eigenvalue weighted by atomic mass is 32.2. The molecule has 8 heteroatoms. The summed E-state index contributed by atoms with van der Waals surface area (Å²) >= 11 is 0. The van der Waals surface area contributed by atoms with Gasteiger partial charge in [0.15, 0.2) is 5.03 Å². The van der Waals surface area contributed by atoms with Crippen LogP contribution in [0, 0.1) is 12.8 Å². The van der Waals surface area contributed by atoms with E-state index in [0.717, 1.165) is 12.1 Å². The van der Waals surface area contributed by atoms with Gasteiger partial charge in [-0.1, -0.05) is 19.1 Å². The monoisotopic (exact) mass is 390 g/mol. The fraction of sp³-hybridized carbons (Fsp3) is 0.474. The molecule has 1 aliphatic rings. The van der Waals surface area contributed by atoms with Crippen LogP contribution < -0.4 is 5.32 Å². The lowest BCUT2D eigenvalue weighted by molar-refractivity contribution is -0.120. The second-order valence-corrected chi connectivity index (χ2v) is 8.84. The van der Waals surface area contributed by atoms with Crippen LogP contribution in [-0.4, -0.2) is 41.3 Å². The number of amides is 1. The molecule has 1 aromatic carbocycles. The second-order valence-electron chi connectivity index (χ2n) is 6.96. The van der Waals surface area contributed by atoms with Gasteiger partial charge in [0.25, 0.3) is 10.0 Å². The summed E-state index contributed by atoms with van der Waals surface area (Å²) in [6.45, 7) is 4.49. The van der Waals surface area contributed by atoms with E-state index in [4.69, 9.17) is 0 Å². The molecule has 7 nitrogen and oxygen atoms in total. The maximum Gasteiger partial charge on any atom is 0.262 e. The number of nitrogens with zero attached hydrogens (tertiary/aromatic N) is 3. The Balaban J connectivity index is 1.61. The molecule has 0 atom stereocenters. The van der Waals surface area contributed by atoms with Crippen molar-refractivity contribution in [2.24, 2.45) is 13.0 Å². The summed E-state index contributed by atoms with van der Waals surface area (Å²) in [5, 5.41) is 3.03. The minimum atomic E-state index is -3.61. The molecule has 1 aromatic heterocycles. The Bertz CT molecular complexity index is 909. The summed E-state index contributed by atoms with van der Waals surface area (Å²) in [6.07, 6.45) is 3.45. The first-order valence-corrected chi connectivity index (χ1v) is 10.6. The standard InChI is InChI=1S/C19H26N4O3S/c1-4-15-6-5-7-17(12-15)21-19(24)16-8-10-23(11-9-16)27(25,26)18-13-22(3)14(2)20-18/h5-7,12-13,16H,4,8-11H2,1-3H3,(H,21,24). The number of rotatable bonds is 5. The molecule has 2 aromatic rings. The van der Waals surface area contributed by atoms with Crippen LogP contribution in [0.2, 0.25) is 0 Å². The Morgan fingerprint density at radius 2 is 2.00 bits per heavy atom. The molecule has 0 radical (unpaired) electrons. The van der Waals surface area contributed by atoms with Crippen molar-refractivity contribution in [1.29, 1.82) is 0 Å². The van der Waals surface area contributed by atoms with Crippen LogP contribution >= 0.6 is 0 Å². The van der Waals surface area contributed by atoms with Gasteiger partial charge in [-0.15, -0.1) is 0 Å². The molecule has 0 unspecified atom stereocenters. The number of carbonyl (C=O) groups excluding carboxylic acids is 1. The van der Waals surface area contributed by atoms with Gasteiger partial charge in [-0.3, -0.25) is 4.79 Å². The number of piperidine rings is 1. The SMILES string of the molecule is CCc1cccc(NC(=O)C2CCN(S(=O)(=O)c3cn(C)c(C)n3)CC2)c1. The smallest absolute Gasteiger partial charge is 0.262 e. The number of aryl methyl sites for hydroxylation is 3. The topological polar surface area (TPSA) is 84.3 Å². The second kappa shape index (κ2) is 7.82. The highest BCUT2D eigenvalue weighted by molar-refractivity contribution is 7.89. The Kier molecular flexibility index (Phi) is 5.67. The van der Waals surface area contributed by atoms with Crippen LogP contribution in [0.3, 0.4) is 0 Å². The van der Waals surface area contributed by atoms with Crippen molar-refractivity contribution < 1.29 is 13.2 Å². The normalized spacial score (nSPS) is 16.4. The van der Waals surface area contributed by atoms with Crippen molar-refractivity contribution in [2.45, 2.75) is 38.1 Å². The Labute approximate surface area is 160 Å². The van der Waals surface area contributed by atoms with Gasteiger partial charge in [-0.2, -0.15) is 4.31 Å². The average Bonchev–Trinajstić information content (AvgIpc) is 3.01. The number of imidazole rings is 1. The average molecular weight is 391 g/mol. The molecular formula is C19H26N4O3S. The first-order chi connectivity index (χ1) is 12.8. The van der Waals surface area contributed by atoms with Crippen molar-refractivity contribution in [2.75, 3.05) is 18.4 Å². The summed E-state index contributed by atoms with van der Waals surface area (Å²) in [4.78, 5) is 16.7. The van der Waals surface area contributed by atoms with Gasteiger partial charge in [0, 0.05) is 37.9 Å². The quantitative estimate of drug-likeness (QED) is 0.849. The van der Waals surface area contributed by atoms with E-state index in [1.54, 1.807) is 18.5 Å². The van der Waals surface area contributed by atoms with Crippen LogP contribution in [0.15, 0.2) is 35.5 Å². The van der Waals surface area contributed by atoms with E-state index in [1.165, 1.54) is 16.1 Å². The lowest BCUT2D eigenvalue weighted by Crippen LogP contribution is -2.41. The summed E-state index contributed by atoms with van der Waals surface area (Å²) in [7, 11) is -1.84. The van der Waals surface area contributed by atoms with Crippen molar-refractivity contribution >= 4 is 21.6 Å². The molecule has 3 rings (SSSR count). The zero-order chi connectivity index (χ0) is 19.6. The predicted molar refractivity (Wildman–Crippen MR) is 104 cm³/mol. The van der Waals surface area contributed by atoms with E-state index in [0.29, 0.717) is 31.8 Å². The molecule has 1 saturated heterocycles. The molecule has 1 amide bonds. The van der Waals surface area contributed by atoms with E-state index < -0.39 is 10.0 Å². The maximum absolute atomic E-state index is 12.7. The van der Waals surface area contributed by atoms with Crippen LogP contribution in [-0.2, 0) is 28.3 Å². The third kappa shape index (κ3) is 4.22. The number of benzene rings is 1. The molecule has 27 heavy (non-hydrogen) atoms. The van der Waals surface area contributed by atoms with Gasteiger partial charge >= 0.3 is 0 Å². The van der Waals surface area contributed by atoms with Gasteiger partial charge in [0.2, 0.25) is 5.91 Å². The van der Waals surface area contributed by atoms with Crippen LogP contribution in [0.1, 0.15) is 31.2 Å². The van der Waals surface area contributed by atoms with E-state index in [9.17, 15) is 13.2 Å². The number of aromatic nitrogens is 2. The molecular weight excluding hydrogens is 364 g/mol. The van der Waals surface area contributed by atoms with Gasteiger partial charge in [0.05, 0.1) is 0 Å². The van der Waals surface area contributed by atoms with Gasteiger partial charge in [-0.05, 0) is 43.9 Å². The Morgan fingerprint density at radius 3 is 2.59 bits per heavy atom. The Hall–Kier alpha value is -2.19. The summed E-state index contributed by atoms with van der Waals surface area (Å²) in [5.41, 5.74) is 1.96. The molecule has 146 valence electrons. The van der Waals surface area contributed by atoms with Gasteiger partial charge < -0.3 is 9.88 Å². The minimum absolute atomic E-state index is 0.0472. The maximum atomic E-state index is 12.7. The van der Waals surface area contributed by atoms with E-state index in [1.807, 2.05) is 24.3 Å². The van der Waals surface area contributed by atoms with E-state index >= 15 is 0 Å². The molecule has 1 fully saturated rings. The molecule has 0 aliphatic carbocycles. The van der Waals surface area contributed by atoms with E-state index in [2.05, 4.69) is 17.2 Å². The highest BCUT2D eigenvalue weighted by Gasteiger charge is 2.33. The van der Waals surface area contributed by atoms with Crippen LogP contribution in [0.4, 0.5) is 5.69 Å². The minimum Gasteiger partial charge on any atom is -0.337 e. The number of nitrogens with one attached hydrogen (secondary N) is 1. The first-order valence-electron chi connectivity index (χ1n) is 9.21. The van der Waals surface area contributed by atoms with Crippen molar-refractivity contribution in [3.63, 3.8) is 0 Å². The number of hydrogen-bond acceptors (Lipinski definition) is 4. The number of anilines is 1. The van der Waals surface area contributed by atoms with Gasteiger partial charge in [0.1, 0.15) is 5.82 Å². The largest absolute Gasteiger partial charge is 0.337 e. The first kappa shape index (κ1) is 19.6. The lowest BCUT2D eigenvalue weighted by atomic mass is 9.97. The Morgan fingerprint density at radius 1 is 1.30 bits per heavy atom. The predicted octanol–water partition coefficient (Wildman–Crippen LogP) is 2.33. The summed E-state index contributed by atoms with van der Waals surface area (Å²) < 4.78 is 28.6. The van der Waals surface area contributed by atoms with Crippen LogP contribution in [0.5, 0.6) is 0 Å². The van der Waals surface area contributed by atoms with Crippen molar-refractivity contribution in [1.82, 2.24) is 13.9 Å². The third-order valence-corrected chi connectivity index (χ3v) is 6.89. The number of carbonyl (C=O) groups is 1. The third-order valence-electron chi connectivity index (χ3n) is 5.12. The van der Waals surface area contributed by atoms with E-state index in [-0.39, 0.29) is 16.9 Å². The molecule has 2 heterocycles. The fourth-order valence-corrected chi connectivity index (χ4v) is 4.75. The molecule has 0 bridgehead atoms. The number of sulfonamides is 1. The van der Waals surface area contributed by atoms with Crippen LogP contribution in [0.25, 0.3) is 0 Å². The zero-order valence-electron chi connectivity index (χ0n) is 16.0. The highest BCUT2D eigenvalue weighted by Crippen LogP contribution is 2.24. The lowest BCUT2D eigenvalue weighted by Gasteiger charge is -2.30. The zero-order valence-corrected chi connectivity index (χ0v) is 16.8. The number of hydrogen-bond donors (Lipinski definition) is 1. The molecule has 0 spiro atoms. The molecule has 1 aliphatic heterocycles. The summed E-state index contributed by atoms with van der Waals surface area (Å²) in [6, 6.07) is 7.80. The van der Waals surface area contributed by atoms with Crippen molar-refractivity contribution in [3.05, 3.63) is 41.9 Å². The molecule has 1 N–H and O–H groups in total. The fourth-order valence-electron chi connectivity index (χ4n) is 3.25.